The molecule has 0 aliphatic heterocycles. The summed E-state index contributed by atoms with van der Waals surface area (Å²) in [6, 6.07) is 8.04. The first-order chi connectivity index (χ1) is 18.5. The summed E-state index contributed by atoms with van der Waals surface area (Å²) in [4.78, 5) is 42.1. The Balaban J connectivity index is 1.43. The lowest BCUT2D eigenvalue weighted by Crippen LogP contribution is -2.33. The number of benzene rings is 1. The van der Waals surface area contributed by atoms with E-state index in [1.54, 1.807) is 0 Å². The van der Waals surface area contributed by atoms with E-state index >= 15 is 0 Å². The first-order valence-electron chi connectivity index (χ1n) is 12.0. The lowest BCUT2D eigenvalue weighted by atomic mass is 9.76. The minimum absolute atomic E-state index is 0.0680. The molecule has 10 nitrogen and oxygen atoms in total. The Morgan fingerprint density at radius 2 is 1.87 bits per heavy atom. The van der Waals surface area contributed by atoms with Gasteiger partial charge < -0.3 is 20.1 Å². The number of hydrogen-bond donors (Lipinski definition) is 2. The van der Waals surface area contributed by atoms with Gasteiger partial charge in [0, 0.05) is 25.2 Å². The van der Waals surface area contributed by atoms with E-state index in [1.807, 2.05) is 13.0 Å². The van der Waals surface area contributed by atoms with Crippen molar-refractivity contribution >= 4 is 23.4 Å². The third kappa shape index (κ3) is 6.72. The van der Waals surface area contributed by atoms with Crippen LogP contribution in [0.25, 0.3) is 5.65 Å². The zero-order valence-electron chi connectivity index (χ0n) is 21.2. The molecule has 1 atom stereocenters. The first-order valence-corrected chi connectivity index (χ1v) is 12.0. The van der Waals surface area contributed by atoms with Gasteiger partial charge in [-0.1, -0.05) is 23.8 Å². The molecule has 13 heteroatoms. The van der Waals surface area contributed by atoms with Gasteiger partial charge in [0.2, 0.25) is 0 Å². The Kier molecular flexibility index (Phi) is 7.88. The molecule has 0 radical (unpaired) electrons. The molecular formula is C26H26F3N5O5. The fourth-order valence-electron chi connectivity index (χ4n) is 4.20. The average molecular weight is 546 g/mol. The van der Waals surface area contributed by atoms with Crippen molar-refractivity contribution in [3.05, 3.63) is 71.2 Å². The van der Waals surface area contributed by atoms with Crippen LogP contribution in [-0.2, 0) is 16.1 Å². The van der Waals surface area contributed by atoms with Crippen molar-refractivity contribution in [1.29, 1.82) is 0 Å². The Bertz CT molecular complexity index is 1430. The molecule has 4 rings (SSSR count). The van der Waals surface area contributed by atoms with E-state index in [-0.39, 0.29) is 36.1 Å². The predicted octanol–water partition coefficient (Wildman–Crippen LogP) is 3.58. The zero-order chi connectivity index (χ0) is 28.2. The highest BCUT2D eigenvalue weighted by molar-refractivity contribution is 5.98. The molecule has 1 aliphatic carbocycles. The molecule has 1 aliphatic rings. The number of carbonyl (C=O) groups excluding carboxylic acids is 3. The van der Waals surface area contributed by atoms with Crippen LogP contribution in [0.3, 0.4) is 0 Å². The fourth-order valence-corrected chi connectivity index (χ4v) is 4.20. The minimum atomic E-state index is -4.83. The van der Waals surface area contributed by atoms with Gasteiger partial charge in [0.25, 0.3) is 11.8 Å². The molecule has 2 N–H and O–H groups in total. The van der Waals surface area contributed by atoms with E-state index in [1.165, 1.54) is 42.1 Å². The minimum Gasteiger partial charge on any atom is -0.469 e. The van der Waals surface area contributed by atoms with Crippen LogP contribution >= 0.6 is 0 Å². The molecule has 0 saturated heterocycles. The van der Waals surface area contributed by atoms with Gasteiger partial charge in [-0.2, -0.15) is 5.10 Å². The summed E-state index contributed by atoms with van der Waals surface area (Å²) in [5.41, 5.74) is 1.01. The van der Waals surface area contributed by atoms with Gasteiger partial charge in [0.1, 0.15) is 17.1 Å². The van der Waals surface area contributed by atoms with Crippen molar-refractivity contribution in [2.45, 2.75) is 39.1 Å². The number of nitrogens with one attached hydrogen (secondary N) is 2. The highest BCUT2D eigenvalue weighted by Crippen LogP contribution is 2.35. The molecule has 2 heterocycles. The number of allylic oxidation sites excluding steroid dienone is 1. The largest absolute Gasteiger partial charge is 0.573 e. The van der Waals surface area contributed by atoms with Gasteiger partial charge in [-0.05, 0) is 43.9 Å². The zero-order valence-corrected chi connectivity index (χ0v) is 21.2. The number of fused-ring (bicyclic) bond motifs is 1. The number of alkyl halides is 3. The molecule has 0 saturated carbocycles. The number of methoxy groups -OCH3 is 1. The summed E-state index contributed by atoms with van der Waals surface area (Å²) in [6.07, 6.45) is 0.228. The average Bonchev–Trinajstić information content (AvgIpc) is 3.38. The van der Waals surface area contributed by atoms with Gasteiger partial charge in [-0.15, -0.1) is 13.2 Å². The van der Waals surface area contributed by atoms with Crippen LogP contribution in [0, 0.1) is 5.41 Å². The monoisotopic (exact) mass is 545 g/mol. The van der Waals surface area contributed by atoms with E-state index in [2.05, 4.69) is 25.5 Å². The van der Waals surface area contributed by atoms with Gasteiger partial charge in [-0.25, -0.2) is 9.50 Å². The second-order valence-electron chi connectivity index (χ2n) is 9.31. The third-order valence-corrected chi connectivity index (χ3v) is 6.40. The van der Waals surface area contributed by atoms with E-state index in [0.29, 0.717) is 24.8 Å². The quantitative estimate of drug-likeness (QED) is 0.328. The van der Waals surface area contributed by atoms with Crippen LogP contribution in [0.5, 0.6) is 5.75 Å². The summed E-state index contributed by atoms with van der Waals surface area (Å²) < 4.78 is 47.5. The number of aromatic nitrogens is 3. The smallest absolute Gasteiger partial charge is 0.469 e. The standard InChI is InChI=1S/C26H26F3N5O5/c1-25(24(37)38-2)9-6-16(7-10-25)14-31-23(36)20-13-19(33-21-8-11-32-34(20)21)22(35)30-15-17-4-3-5-18(12-17)39-26(27,28)29/h3-6,8,11-13H,7,9-10,14-15H2,1-2H3,(H,30,35)(H,31,36). The number of amides is 2. The van der Waals surface area contributed by atoms with Crippen LogP contribution in [0.4, 0.5) is 13.2 Å². The molecule has 39 heavy (non-hydrogen) atoms. The summed E-state index contributed by atoms with van der Waals surface area (Å²) in [5, 5.41) is 9.51. The molecule has 0 fully saturated rings. The van der Waals surface area contributed by atoms with Gasteiger partial charge in [0.05, 0.1) is 18.7 Å². The van der Waals surface area contributed by atoms with Crippen molar-refractivity contribution in [2.75, 3.05) is 13.7 Å². The molecule has 0 spiro atoms. The summed E-state index contributed by atoms with van der Waals surface area (Å²) in [7, 11) is 1.36. The maximum absolute atomic E-state index is 13.0. The van der Waals surface area contributed by atoms with Gasteiger partial charge in [0.15, 0.2) is 5.65 Å². The van der Waals surface area contributed by atoms with Crippen LogP contribution in [0.1, 0.15) is 52.7 Å². The first kappa shape index (κ1) is 27.6. The van der Waals surface area contributed by atoms with E-state index < -0.39 is 29.3 Å². The number of nitrogens with zero attached hydrogens (tertiary/aromatic N) is 3. The molecular weight excluding hydrogens is 519 g/mol. The van der Waals surface area contributed by atoms with Crippen LogP contribution < -0.4 is 15.4 Å². The molecule has 206 valence electrons. The van der Waals surface area contributed by atoms with Crippen LogP contribution in [0.15, 0.2) is 54.2 Å². The van der Waals surface area contributed by atoms with Crippen molar-refractivity contribution in [3.8, 4) is 5.75 Å². The number of halogens is 3. The predicted molar refractivity (Wildman–Crippen MR) is 132 cm³/mol. The van der Waals surface area contributed by atoms with E-state index in [9.17, 15) is 27.6 Å². The van der Waals surface area contributed by atoms with Gasteiger partial charge in [-0.3, -0.25) is 14.4 Å². The number of rotatable bonds is 8. The third-order valence-electron chi connectivity index (χ3n) is 6.40. The second-order valence-corrected chi connectivity index (χ2v) is 9.31. The summed E-state index contributed by atoms with van der Waals surface area (Å²) >= 11 is 0. The number of ether oxygens (including phenoxy) is 2. The molecule has 3 aromatic rings. The highest BCUT2D eigenvalue weighted by Gasteiger charge is 2.35. The van der Waals surface area contributed by atoms with Crippen LogP contribution in [-0.4, -0.2) is 52.4 Å². The van der Waals surface area contributed by atoms with Crippen molar-refractivity contribution in [3.63, 3.8) is 0 Å². The second kappa shape index (κ2) is 11.1. The van der Waals surface area contributed by atoms with E-state index in [0.717, 1.165) is 17.7 Å². The summed E-state index contributed by atoms with van der Waals surface area (Å²) in [5.74, 6) is -1.80. The SMILES string of the molecule is COC(=O)C1(C)CC=C(CNC(=O)c2cc(C(=O)NCc3cccc(OC(F)(F)F)c3)nc3ccnn23)CC1. The fraction of sp³-hybridized carbons (Fsp3) is 0.346. The Morgan fingerprint density at radius 1 is 1.10 bits per heavy atom. The Morgan fingerprint density at radius 3 is 2.56 bits per heavy atom. The van der Waals surface area contributed by atoms with Crippen molar-refractivity contribution in [2.24, 2.45) is 5.41 Å². The normalized spacial score (nSPS) is 17.3. The summed E-state index contributed by atoms with van der Waals surface area (Å²) in [6.45, 7) is 1.99. The van der Waals surface area contributed by atoms with E-state index in [4.69, 9.17) is 4.74 Å². The number of esters is 1. The molecule has 0 bridgehead atoms. The van der Waals surface area contributed by atoms with Crippen molar-refractivity contribution in [1.82, 2.24) is 25.2 Å². The number of hydrogen-bond acceptors (Lipinski definition) is 7. The van der Waals surface area contributed by atoms with Crippen LogP contribution in [0.2, 0.25) is 0 Å². The molecule has 1 aromatic carbocycles. The Hall–Kier alpha value is -4.42. The maximum atomic E-state index is 13.0. The number of carbonyl (C=O) groups is 3. The molecule has 1 unspecified atom stereocenters. The highest BCUT2D eigenvalue weighted by atomic mass is 19.4. The lowest BCUT2D eigenvalue weighted by molar-refractivity contribution is -0.274. The molecule has 2 amide bonds. The van der Waals surface area contributed by atoms with Gasteiger partial charge >= 0.3 is 12.3 Å². The van der Waals surface area contributed by atoms with Crippen molar-refractivity contribution < 1.29 is 37.0 Å². The Labute approximate surface area is 221 Å². The molecule has 2 aromatic heterocycles. The topological polar surface area (TPSA) is 124 Å². The maximum Gasteiger partial charge on any atom is 0.573 e. The lowest BCUT2D eigenvalue weighted by Gasteiger charge is -2.30.